The highest BCUT2D eigenvalue weighted by molar-refractivity contribution is 5.87. The van der Waals surface area contributed by atoms with E-state index in [0.717, 1.165) is 25.7 Å². The molecule has 4 rings (SSSR count). The molecule has 4 aliphatic rings. The van der Waals surface area contributed by atoms with Gasteiger partial charge in [0, 0.05) is 23.2 Å². The SMILES string of the molecule is CC12CCC(O)CC1=CC(O)C1C2=CCC2(C)C(=O)CCC12. The Bertz CT molecular complexity index is 589. The Morgan fingerprint density at radius 2 is 2.00 bits per heavy atom. The minimum absolute atomic E-state index is 0.0178. The second-order valence-corrected chi connectivity index (χ2v) is 8.29. The molecule has 2 fully saturated rings. The maximum atomic E-state index is 12.4. The summed E-state index contributed by atoms with van der Waals surface area (Å²) in [5, 5.41) is 20.8. The van der Waals surface area contributed by atoms with Crippen molar-refractivity contribution in [2.45, 2.75) is 64.6 Å². The molecule has 3 nitrogen and oxygen atoms in total. The third-order valence-corrected chi connectivity index (χ3v) is 7.20. The van der Waals surface area contributed by atoms with Crippen molar-refractivity contribution in [2.75, 3.05) is 0 Å². The Kier molecular flexibility index (Phi) is 3.03. The van der Waals surface area contributed by atoms with Crippen LogP contribution >= 0.6 is 0 Å². The van der Waals surface area contributed by atoms with Gasteiger partial charge in [0.2, 0.25) is 0 Å². The summed E-state index contributed by atoms with van der Waals surface area (Å²) >= 11 is 0. The zero-order chi connectivity index (χ0) is 15.7. The fourth-order valence-corrected chi connectivity index (χ4v) is 5.72. The Balaban J connectivity index is 1.80. The summed E-state index contributed by atoms with van der Waals surface area (Å²) < 4.78 is 0. The van der Waals surface area contributed by atoms with E-state index in [4.69, 9.17) is 0 Å². The van der Waals surface area contributed by atoms with E-state index in [2.05, 4.69) is 19.9 Å². The first-order chi connectivity index (χ1) is 10.4. The lowest BCUT2D eigenvalue weighted by atomic mass is 9.52. The van der Waals surface area contributed by atoms with E-state index in [-0.39, 0.29) is 28.8 Å². The Morgan fingerprint density at radius 3 is 2.77 bits per heavy atom. The number of ketones is 1. The second kappa shape index (κ2) is 4.55. The number of allylic oxidation sites excluding steroid dienone is 1. The first-order valence-corrected chi connectivity index (χ1v) is 8.67. The summed E-state index contributed by atoms with van der Waals surface area (Å²) in [5.41, 5.74) is 2.26. The van der Waals surface area contributed by atoms with Crippen LogP contribution in [0.25, 0.3) is 0 Å². The number of carbonyl (C=O) groups is 1. The largest absolute Gasteiger partial charge is 0.393 e. The molecule has 0 aromatic rings. The minimum Gasteiger partial charge on any atom is -0.393 e. The van der Waals surface area contributed by atoms with E-state index < -0.39 is 6.10 Å². The molecular formula is C19H26O3. The van der Waals surface area contributed by atoms with Crippen molar-refractivity contribution >= 4 is 5.78 Å². The van der Waals surface area contributed by atoms with Gasteiger partial charge in [0.15, 0.2) is 0 Å². The normalized spacial score (nSPS) is 50.6. The van der Waals surface area contributed by atoms with E-state index in [0.29, 0.717) is 18.6 Å². The van der Waals surface area contributed by atoms with Gasteiger partial charge in [-0.25, -0.2) is 0 Å². The molecule has 0 spiro atoms. The molecule has 0 bridgehead atoms. The van der Waals surface area contributed by atoms with Gasteiger partial charge in [0.1, 0.15) is 5.78 Å². The number of fused-ring (bicyclic) bond motifs is 5. The molecule has 2 N–H and O–H groups in total. The van der Waals surface area contributed by atoms with Gasteiger partial charge in [0.25, 0.3) is 0 Å². The topological polar surface area (TPSA) is 57.5 Å². The van der Waals surface area contributed by atoms with E-state index in [1.165, 1.54) is 11.1 Å². The van der Waals surface area contributed by atoms with Crippen LogP contribution in [0.2, 0.25) is 0 Å². The summed E-state index contributed by atoms with van der Waals surface area (Å²) in [6.45, 7) is 4.37. The number of aliphatic hydroxyl groups excluding tert-OH is 2. The summed E-state index contributed by atoms with van der Waals surface area (Å²) in [4.78, 5) is 12.4. The zero-order valence-corrected chi connectivity index (χ0v) is 13.5. The first-order valence-electron chi connectivity index (χ1n) is 8.67. The van der Waals surface area contributed by atoms with Crippen molar-refractivity contribution in [3.05, 3.63) is 23.3 Å². The van der Waals surface area contributed by atoms with Crippen molar-refractivity contribution in [1.29, 1.82) is 0 Å². The monoisotopic (exact) mass is 302 g/mol. The average Bonchev–Trinajstić information content (AvgIpc) is 2.77. The van der Waals surface area contributed by atoms with Crippen molar-refractivity contribution in [1.82, 2.24) is 0 Å². The van der Waals surface area contributed by atoms with Crippen LogP contribution in [0.3, 0.4) is 0 Å². The first kappa shape index (κ1) is 14.6. The minimum atomic E-state index is -0.504. The number of hydrogen-bond donors (Lipinski definition) is 2. The van der Waals surface area contributed by atoms with Gasteiger partial charge >= 0.3 is 0 Å². The molecule has 0 aromatic heterocycles. The highest BCUT2D eigenvalue weighted by Crippen LogP contribution is 2.61. The van der Waals surface area contributed by atoms with Gasteiger partial charge in [-0.15, -0.1) is 0 Å². The molecule has 2 saturated carbocycles. The smallest absolute Gasteiger partial charge is 0.139 e. The summed E-state index contributed by atoms with van der Waals surface area (Å²) in [5.74, 6) is 0.740. The molecule has 0 aromatic carbocycles. The summed E-state index contributed by atoms with van der Waals surface area (Å²) in [6.07, 6.45) is 8.34. The number of rotatable bonds is 0. The van der Waals surface area contributed by atoms with Crippen LogP contribution in [0.1, 0.15) is 52.4 Å². The maximum absolute atomic E-state index is 12.4. The van der Waals surface area contributed by atoms with Gasteiger partial charge in [-0.05, 0) is 38.0 Å². The van der Waals surface area contributed by atoms with Gasteiger partial charge < -0.3 is 10.2 Å². The quantitative estimate of drug-likeness (QED) is 0.677. The van der Waals surface area contributed by atoms with Crippen LogP contribution in [0.15, 0.2) is 23.3 Å². The van der Waals surface area contributed by atoms with Crippen LogP contribution in [-0.2, 0) is 4.79 Å². The fourth-order valence-electron chi connectivity index (χ4n) is 5.72. The fraction of sp³-hybridized carbons (Fsp3) is 0.737. The highest BCUT2D eigenvalue weighted by Gasteiger charge is 2.57. The lowest BCUT2D eigenvalue weighted by molar-refractivity contribution is -0.127. The molecule has 22 heavy (non-hydrogen) atoms. The van der Waals surface area contributed by atoms with E-state index in [1.54, 1.807) is 0 Å². The van der Waals surface area contributed by atoms with Gasteiger partial charge in [0.05, 0.1) is 12.2 Å². The second-order valence-electron chi connectivity index (χ2n) is 8.29. The van der Waals surface area contributed by atoms with E-state index >= 15 is 0 Å². The average molecular weight is 302 g/mol. The molecule has 3 heteroatoms. The molecule has 120 valence electrons. The molecule has 0 saturated heterocycles. The summed E-state index contributed by atoms with van der Waals surface area (Å²) in [6, 6.07) is 0. The van der Waals surface area contributed by atoms with Crippen molar-refractivity contribution < 1.29 is 15.0 Å². The third-order valence-electron chi connectivity index (χ3n) is 7.20. The van der Waals surface area contributed by atoms with Gasteiger partial charge in [-0.2, -0.15) is 0 Å². The van der Waals surface area contributed by atoms with Crippen LogP contribution in [0.5, 0.6) is 0 Å². The predicted molar refractivity (Wildman–Crippen MR) is 84.1 cm³/mol. The summed E-state index contributed by atoms with van der Waals surface area (Å²) in [7, 11) is 0. The number of Topliss-reactive ketones (excluding diaryl/α,β-unsaturated/α-hetero) is 1. The number of carbonyl (C=O) groups excluding carboxylic acids is 1. The van der Waals surface area contributed by atoms with Crippen molar-refractivity contribution in [3.63, 3.8) is 0 Å². The van der Waals surface area contributed by atoms with Gasteiger partial charge in [-0.1, -0.05) is 37.1 Å². The third kappa shape index (κ3) is 1.73. The Morgan fingerprint density at radius 1 is 1.23 bits per heavy atom. The standard InChI is InChI=1S/C19H26O3/c1-18-7-5-12(20)9-11(18)10-15(21)17-13-3-4-16(22)19(13,2)8-6-14(17)18/h6,10,12-13,15,17,20-21H,3-5,7-9H2,1-2H3. The van der Waals surface area contributed by atoms with Crippen LogP contribution < -0.4 is 0 Å². The molecule has 4 aliphatic carbocycles. The van der Waals surface area contributed by atoms with Crippen LogP contribution in [0, 0.1) is 22.7 Å². The molecular weight excluding hydrogens is 276 g/mol. The zero-order valence-electron chi connectivity index (χ0n) is 13.5. The van der Waals surface area contributed by atoms with E-state index in [9.17, 15) is 15.0 Å². The molecule has 0 radical (unpaired) electrons. The Hall–Kier alpha value is -0.930. The Labute approximate surface area is 132 Å². The maximum Gasteiger partial charge on any atom is 0.139 e. The number of aliphatic hydroxyl groups is 2. The van der Waals surface area contributed by atoms with E-state index in [1.807, 2.05) is 6.08 Å². The van der Waals surface area contributed by atoms with Crippen LogP contribution in [-0.4, -0.2) is 28.2 Å². The lowest BCUT2D eigenvalue weighted by Gasteiger charge is -2.53. The molecule has 0 aliphatic heterocycles. The van der Waals surface area contributed by atoms with Crippen molar-refractivity contribution in [3.8, 4) is 0 Å². The highest BCUT2D eigenvalue weighted by atomic mass is 16.3. The van der Waals surface area contributed by atoms with Crippen LogP contribution in [0.4, 0.5) is 0 Å². The molecule has 6 unspecified atom stereocenters. The molecule has 0 heterocycles. The number of hydrogen-bond acceptors (Lipinski definition) is 3. The molecule has 0 amide bonds. The van der Waals surface area contributed by atoms with Gasteiger partial charge in [-0.3, -0.25) is 4.79 Å². The lowest BCUT2D eigenvalue weighted by Crippen LogP contribution is -2.49. The predicted octanol–water partition coefficient (Wildman–Crippen LogP) is 2.77. The van der Waals surface area contributed by atoms with Crippen molar-refractivity contribution in [2.24, 2.45) is 22.7 Å². The molecule has 6 atom stereocenters.